The van der Waals surface area contributed by atoms with Gasteiger partial charge in [-0.05, 0) is 37.0 Å². The van der Waals surface area contributed by atoms with Gasteiger partial charge in [0.05, 0.1) is 11.5 Å². The van der Waals surface area contributed by atoms with Gasteiger partial charge in [-0.1, -0.05) is 43.2 Å². The molecule has 0 radical (unpaired) electrons. The summed E-state index contributed by atoms with van der Waals surface area (Å²) in [6, 6.07) is 16.9. The van der Waals surface area contributed by atoms with E-state index in [2.05, 4.69) is 17.0 Å². The zero-order valence-electron chi connectivity index (χ0n) is 16.3. The van der Waals surface area contributed by atoms with Gasteiger partial charge in [0, 0.05) is 37.5 Å². The van der Waals surface area contributed by atoms with Gasteiger partial charge in [-0.25, -0.2) is 0 Å². The van der Waals surface area contributed by atoms with Crippen molar-refractivity contribution in [1.82, 2.24) is 4.90 Å². The largest absolute Gasteiger partial charge is 0.314 e. The number of benzene rings is 2. The summed E-state index contributed by atoms with van der Waals surface area (Å²) in [5, 5.41) is 10.8. The van der Waals surface area contributed by atoms with Gasteiger partial charge in [0.2, 0.25) is 5.91 Å². The molecule has 0 atom stereocenters. The number of nitro groups is 1. The van der Waals surface area contributed by atoms with Gasteiger partial charge in [-0.3, -0.25) is 19.8 Å². The fraction of sp³-hybridized carbons (Fsp3) is 0.409. The van der Waals surface area contributed by atoms with Crippen LogP contribution in [0.15, 0.2) is 54.6 Å². The third-order valence-electron chi connectivity index (χ3n) is 5.53. The van der Waals surface area contributed by atoms with Gasteiger partial charge in [-0.2, -0.15) is 0 Å². The topological polar surface area (TPSA) is 66.7 Å². The molecule has 0 bridgehead atoms. The molecule has 1 saturated carbocycles. The highest BCUT2D eigenvalue weighted by Gasteiger charge is 2.25. The Bertz CT molecular complexity index is 786. The molecule has 1 fully saturated rings. The normalized spacial score (nSPS) is 14.4. The molecule has 28 heavy (non-hydrogen) atoms. The second-order valence-corrected chi connectivity index (χ2v) is 7.37. The summed E-state index contributed by atoms with van der Waals surface area (Å²) in [7, 11) is 1.73. The van der Waals surface area contributed by atoms with Gasteiger partial charge < -0.3 is 4.90 Å². The van der Waals surface area contributed by atoms with Crippen LogP contribution in [0.5, 0.6) is 0 Å². The van der Waals surface area contributed by atoms with Gasteiger partial charge in [0.25, 0.3) is 5.69 Å². The average molecular weight is 381 g/mol. The summed E-state index contributed by atoms with van der Waals surface area (Å²) >= 11 is 0. The second-order valence-electron chi connectivity index (χ2n) is 7.37. The fourth-order valence-electron chi connectivity index (χ4n) is 3.80. The number of carbonyl (C=O) groups excluding carboxylic acids is 1. The monoisotopic (exact) mass is 381 g/mol. The first-order valence-corrected chi connectivity index (χ1v) is 9.83. The molecule has 0 unspecified atom stereocenters. The summed E-state index contributed by atoms with van der Waals surface area (Å²) in [5.74, 6) is 0.00816. The van der Waals surface area contributed by atoms with E-state index >= 15 is 0 Å². The molecule has 0 heterocycles. The van der Waals surface area contributed by atoms with Crippen molar-refractivity contribution in [2.45, 2.75) is 38.1 Å². The van der Waals surface area contributed by atoms with Crippen LogP contribution in [0.25, 0.3) is 0 Å². The third-order valence-corrected chi connectivity index (χ3v) is 5.53. The third kappa shape index (κ3) is 5.16. The van der Waals surface area contributed by atoms with Gasteiger partial charge in [-0.15, -0.1) is 0 Å². The molecule has 1 amide bonds. The Morgan fingerprint density at radius 1 is 1.07 bits per heavy atom. The molecule has 0 saturated heterocycles. The van der Waals surface area contributed by atoms with E-state index in [9.17, 15) is 14.9 Å². The maximum Gasteiger partial charge on any atom is 0.269 e. The number of non-ortho nitro benzene ring substituents is 1. The number of hydrogen-bond donors (Lipinski definition) is 0. The smallest absolute Gasteiger partial charge is 0.269 e. The van der Waals surface area contributed by atoms with E-state index < -0.39 is 4.92 Å². The van der Waals surface area contributed by atoms with E-state index in [4.69, 9.17) is 0 Å². The number of nitrogens with zero attached hydrogens (tertiary/aromatic N) is 3. The molecule has 0 N–H and O–H groups in total. The maximum absolute atomic E-state index is 12.9. The van der Waals surface area contributed by atoms with Crippen molar-refractivity contribution in [2.75, 3.05) is 25.0 Å². The molecule has 1 aliphatic carbocycles. The molecule has 6 heteroatoms. The number of nitro benzene ring substituents is 1. The van der Waals surface area contributed by atoms with Crippen molar-refractivity contribution < 1.29 is 9.72 Å². The first-order valence-electron chi connectivity index (χ1n) is 9.83. The quantitative estimate of drug-likeness (QED) is 0.511. The first kappa shape index (κ1) is 20.0. The lowest BCUT2D eigenvalue weighted by atomic mass is 10.1. The Morgan fingerprint density at radius 3 is 2.32 bits per heavy atom. The predicted molar refractivity (Wildman–Crippen MR) is 110 cm³/mol. The number of hydrogen-bond acceptors (Lipinski definition) is 4. The van der Waals surface area contributed by atoms with Crippen LogP contribution in [-0.4, -0.2) is 41.9 Å². The maximum atomic E-state index is 12.9. The number of carbonyl (C=O) groups is 1. The Labute approximate surface area is 165 Å². The fourth-order valence-corrected chi connectivity index (χ4v) is 3.80. The van der Waals surface area contributed by atoms with Crippen LogP contribution in [0.1, 0.15) is 31.2 Å². The molecular weight excluding hydrogens is 354 g/mol. The lowest BCUT2D eigenvalue weighted by Crippen LogP contribution is -2.43. The standard InChI is InChI=1S/C22H27N3O3/c1-23(19-11-13-21(14-12-19)25(27)28)22(26)17-24(20-9-5-6-10-20)16-15-18-7-3-2-4-8-18/h2-4,7-8,11-14,20H,5-6,9-10,15-17H2,1H3. The zero-order chi connectivity index (χ0) is 19.9. The van der Waals surface area contributed by atoms with E-state index in [1.54, 1.807) is 24.1 Å². The lowest BCUT2D eigenvalue weighted by Gasteiger charge is -2.30. The highest BCUT2D eigenvalue weighted by Crippen LogP contribution is 2.24. The lowest BCUT2D eigenvalue weighted by molar-refractivity contribution is -0.384. The van der Waals surface area contributed by atoms with E-state index in [1.807, 2.05) is 18.2 Å². The Balaban J connectivity index is 1.64. The van der Waals surface area contributed by atoms with Crippen molar-refractivity contribution in [3.63, 3.8) is 0 Å². The summed E-state index contributed by atoms with van der Waals surface area (Å²) < 4.78 is 0. The molecule has 0 aromatic heterocycles. The van der Waals surface area contributed by atoms with Crippen molar-refractivity contribution in [2.24, 2.45) is 0 Å². The SMILES string of the molecule is CN(C(=O)CN(CCc1ccccc1)C1CCCC1)c1ccc([N+](=O)[O-])cc1. The highest BCUT2D eigenvalue weighted by molar-refractivity contribution is 5.94. The zero-order valence-corrected chi connectivity index (χ0v) is 16.3. The first-order chi connectivity index (χ1) is 13.5. The van der Waals surface area contributed by atoms with E-state index in [-0.39, 0.29) is 11.6 Å². The molecule has 3 rings (SSSR count). The number of rotatable bonds is 8. The molecule has 2 aromatic carbocycles. The van der Waals surface area contributed by atoms with Crippen LogP contribution in [-0.2, 0) is 11.2 Å². The van der Waals surface area contributed by atoms with Crippen LogP contribution in [0.3, 0.4) is 0 Å². The van der Waals surface area contributed by atoms with Gasteiger partial charge in [0.15, 0.2) is 0 Å². The van der Waals surface area contributed by atoms with Crippen LogP contribution in [0.4, 0.5) is 11.4 Å². The highest BCUT2D eigenvalue weighted by atomic mass is 16.6. The Morgan fingerprint density at radius 2 is 1.71 bits per heavy atom. The molecule has 0 spiro atoms. The minimum atomic E-state index is -0.434. The second kappa shape index (κ2) is 9.46. The molecule has 2 aromatic rings. The van der Waals surface area contributed by atoms with E-state index in [1.165, 1.54) is 30.5 Å². The Hall–Kier alpha value is -2.73. The minimum Gasteiger partial charge on any atom is -0.314 e. The number of likely N-dealkylation sites (N-methyl/N-ethyl adjacent to an activating group) is 1. The molecule has 148 valence electrons. The van der Waals surface area contributed by atoms with Gasteiger partial charge in [0.1, 0.15) is 0 Å². The molecule has 1 aliphatic rings. The van der Waals surface area contributed by atoms with Crippen LogP contribution >= 0.6 is 0 Å². The number of amides is 1. The molecule has 0 aliphatic heterocycles. The van der Waals surface area contributed by atoms with Crippen LogP contribution < -0.4 is 4.90 Å². The molecule has 6 nitrogen and oxygen atoms in total. The molecular formula is C22H27N3O3. The van der Waals surface area contributed by atoms with E-state index in [0.717, 1.165) is 25.8 Å². The predicted octanol–water partition coefficient (Wildman–Crippen LogP) is 4.04. The van der Waals surface area contributed by atoms with Crippen LogP contribution in [0.2, 0.25) is 0 Å². The summed E-state index contributed by atoms with van der Waals surface area (Å²) in [6.07, 6.45) is 5.65. The summed E-state index contributed by atoms with van der Waals surface area (Å²) in [4.78, 5) is 27.2. The van der Waals surface area contributed by atoms with Gasteiger partial charge >= 0.3 is 0 Å². The summed E-state index contributed by atoms with van der Waals surface area (Å²) in [6.45, 7) is 1.22. The van der Waals surface area contributed by atoms with Crippen molar-refractivity contribution >= 4 is 17.3 Å². The number of anilines is 1. The minimum absolute atomic E-state index is 0.00816. The summed E-state index contributed by atoms with van der Waals surface area (Å²) in [5.41, 5.74) is 1.98. The van der Waals surface area contributed by atoms with Crippen molar-refractivity contribution in [3.8, 4) is 0 Å². The van der Waals surface area contributed by atoms with E-state index in [0.29, 0.717) is 18.3 Å². The van der Waals surface area contributed by atoms with Crippen molar-refractivity contribution in [3.05, 3.63) is 70.3 Å². The van der Waals surface area contributed by atoms with Crippen LogP contribution in [0, 0.1) is 10.1 Å². The average Bonchev–Trinajstić information content (AvgIpc) is 3.26. The Kier molecular flexibility index (Phi) is 6.76. The van der Waals surface area contributed by atoms with Crippen molar-refractivity contribution in [1.29, 1.82) is 0 Å².